The summed E-state index contributed by atoms with van der Waals surface area (Å²) in [5.74, 6) is -1.03. The fourth-order valence-electron chi connectivity index (χ4n) is 2.86. The van der Waals surface area contributed by atoms with Crippen LogP contribution < -0.4 is 5.56 Å². The predicted molar refractivity (Wildman–Crippen MR) is 102 cm³/mol. The molecule has 1 atom stereocenters. The molecule has 0 bridgehead atoms. The average molecular weight is 364 g/mol. The van der Waals surface area contributed by atoms with Gasteiger partial charge < -0.3 is 4.74 Å². The summed E-state index contributed by atoms with van der Waals surface area (Å²) in [6.45, 7) is 3.56. The van der Waals surface area contributed by atoms with Crippen molar-refractivity contribution in [2.75, 3.05) is 0 Å². The predicted octanol–water partition coefficient (Wildman–Crippen LogP) is 2.92. The third kappa shape index (κ3) is 3.65. The van der Waals surface area contributed by atoms with Gasteiger partial charge in [-0.05, 0) is 25.0 Å². The van der Waals surface area contributed by atoms with E-state index in [0.717, 1.165) is 16.7 Å². The van der Waals surface area contributed by atoms with Crippen LogP contribution in [0, 0.1) is 0 Å². The van der Waals surface area contributed by atoms with Crippen LogP contribution >= 0.6 is 0 Å². The molecule has 0 fully saturated rings. The quantitative estimate of drug-likeness (QED) is 0.514. The van der Waals surface area contributed by atoms with E-state index in [2.05, 4.69) is 5.10 Å². The van der Waals surface area contributed by atoms with E-state index in [1.54, 1.807) is 36.4 Å². The number of aromatic nitrogens is 2. The number of hydrogen-bond acceptors (Lipinski definition) is 5. The van der Waals surface area contributed by atoms with Crippen LogP contribution in [0.2, 0.25) is 0 Å². The maximum Gasteiger partial charge on any atom is 0.360 e. The van der Waals surface area contributed by atoms with E-state index < -0.39 is 12.1 Å². The van der Waals surface area contributed by atoms with Gasteiger partial charge in [0.25, 0.3) is 5.56 Å². The largest absolute Gasteiger partial charge is 0.449 e. The van der Waals surface area contributed by atoms with Gasteiger partial charge >= 0.3 is 5.97 Å². The Morgan fingerprint density at radius 3 is 2.33 bits per heavy atom. The van der Waals surface area contributed by atoms with Gasteiger partial charge in [-0.25, -0.2) is 9.48 Å². The number of nitrogens with zero attached hydrogens (tertiary/aromatic N) is 2. The van der Waals surface area contributed by atoms with E-state index in [1.165, 1.54) is 14.0 Å². The van der Waals surface area contributed by atoms with Crippen molar-refractivity contribution in [2.24, 2.45) is 7.05 Å². The lowest BCUT2D eigenvalue weighted by molar-refractivity contribution is 0.0313. The number of carbonyl (C=O) groups is 2. The van der Waals surface area contributed by atoms with Crippen LogP contribution in [0.25, 0.3) is 10.8 Å². The highest BCUT2D eigenvalue weighted by Crippen LogP contribution is 2.16. The zero-order chi connectivity index (χ0) is 19.6. The molecule has 0 aliphatic heterocycles. The summed E-state index contributed by atoms with van der Waals surface area (Å²) < 4.78 is 6.44. The maximum atomic E-state index is 12.6. The number of ether oxygens (including phenoxy) is 1. The van der Waals surface area contributed by atoms with Crippen LogP contribution in [0.5, 0.6) is 0 Å². The van der Waals surface area contributed by atoms with Gasteiger partial charge in [-0.15, -0.1) is 0 Å². The second-order valence-corrected chi connectivity index (χ2v) is 6.29. The Bertz CT molecular complexity index is 1070. The number of fused-ring (bicyclic) bond motifs is 1. The molecule has 0 saturated carbocycles. The first kappa shape index (κ1) is 18.5. The molecule has 1 heterocycles. The van der Waals surface area contributed by atoms with E-state index in [9.17, 15) is 14.4 Å². The van der Waals surface area contributed by atoms with Crippen LogP contribution in [0.1, 0.15) is 40.3 Å². The number of aryl methyl sites for hydroxylation is 2. The molecule has 1 unspecified atom stereocenters. The van der Waals surface area contributed by atoms with Gasteiger partial charge in [0, 0.05) is 18.0 Å². The fourth-order valence-corrected chi connectivity index (χ4v) is 2.86. The van der Waals surface area contributed by atoms with Crippen LogP contribution in [0.4, 0.5) is 0 Å². The summed E-state index contributed by atoms with van der Waals surface area (Å²) in [5, 5.41) is 4.80. The molecule has 0 aliphatic carbocycles. The highest BCUT2D eigenvalue weighted by atomic mass is 16.5. The van der Waals surface area contributed by atoms with Crippen LogP contribution in [0.3, 0.4) is 0 Å². The van der Waals surface area contributed by atoms with E-state index in [-0.39, 0.29) is 17.0 Å². The van der Waals surface area contributed by atoms with Crippen molar-refractivity contribution in [3.63, 3.8) is 0 Å². The lowest BCUT2D eigenvalue weighted by Gasteiger charge is -2.13. The molecule has 3 rings (SSSR count). The summed E-state index contributed by atoms with van der Waals surface area (Å²) in [6.07, 6.45) is -0.0902. The molecule has 2 aromatic carbocycles. The number of ketones is 1. The highest BCUT2D eigenvalue weighted by Gasteiger charge is 2.23. The van der Waals surface area contributed by atoms with Gasteiger partial charge in [-0.1, -0.05) is 49.4 Å². The molecule has 1 aromatic heterocycles. The Labute approximate surface area is 156 Å². The molecule has 6 heteroatoms. The Hall–Kier alpha value is -3.28. The van der Waals surface area contributed by atoms with Crippen molar-refractivity contribution in [3.8, 4) is 0 Å². The minimum atomic E-state index is -0.970. The summed E-state index contributed by atoms with van der Waals surface area (Å²) in [6, 6.07) is 13.9. The third-order valence-corrected chi connectivity index (χ3v) is 4.45. The summed E-state index contributed by atoms with van der Waals surface area (Å²) in [5.41, 5.74) is 1.30. The lowest BCUT2D eigenvalue weighted by atomic mass is 10.0. The highest BCUT2D eigenvalue weighted by molar-refractivity contribution is 6.05. The van der Waals surface area contributed by atoms with Crippen LogP contribution in [-0.4, -0.2) is 27.6 Å². The number of carbonyl (C=O) groups excluding carboxylic acids is 2. The van der Waals surface area contributed by atoms with Crippen LogP contribution in [0.15, 0.2) is 53.3 Å². The van der Waals surface area contributed by atoms with Gasteiger partial charge in [-0.3, -0.25) is 9.59 Å². The second kappa shape index (κ2) is 7.53. The van der Waals surface area contributed by atoms with E-state index in [0.29, 0.717) is 16.3 Å². The van der Waals surface area contributed by atoms with Gasteiger partial charge in [0.1, 0.15) is 0 Å². The Balaban J connectivity index is 1.86. The van der Waals surface area contributed by atoms with Crippen molar-refractivity contribution >= 4 is 22.5 Å². The fraction of sp³-hybridized carbons (Fsp3) is 0.238. The number of hydrogen-bond donors (Lipinski definition) is 0. The number of Topliss-reactive ketones (excluding diaryl/α,β-unsaturated/α-hetero) is 1. The van der Waals surface area contributed by atoms with Crippen molar-refractivity contribution in [1.29, 1.82) is 0 Å². The zero-order valence-corrected chi connectivity index (χ0v) is 15.4. The topological polar surface area (TPSA) is 78.3 Å². The van der Waals surface area contributed by atoms with Crippen molar-refractivity contribution in [1.82, 2.24) is 9.78 Å². The van der Waals surface area contributed by atoms with E-state index in [4.69, 9.17) is 4.74 Å². The van der Waals surface area contributed by atoms with Crippen molar-refractivity contribution in [2.45, 2.75) is 26.4 Å². The second-order valence-electron chi connectivity index (χ2n) is 6.29. The SMILES string of the molecule is CCc1ccc(C(=O)C(C)OC(=O)c2nn(C)c(=O)c3ccccc23)cc1. The molecule has 0 amide bonds. The molecule has 27 heavy (non-hydrogen) atoms. The number of benzene rings is 2. The van der Waals surface area contributed by atoms with Crippen molar-refractivity contribution in [3.05, 3.63) is 75.7 Å². The number of rotatable bonds is 5. The smallest absolute Gasteiger partial charge is 0.360 e. The summed E-state index contributed by atoms with van der Waals surface area (Å²) in [7, 11) is 1.47. The molecular formula is C21H20N2O4. The lowest BCUT2D eigenvalue weighted by Crippen LogP contribution is -2.28. The minimum Gasteiger partial charge on any atom is -0.449 e. The van der Waals surface area contributed by atoms with Crippen LogP contribution in [-0.2, 0) is 18.2 Å². The molecule has 6 nitrogen and oxygen atoms in total. The molecule has 138 valence electrons. The average Bonchev–Trinajstić information content (AvgIpc) is 2.70. The first-order valence-electron chi connectivity index (χ1n) is 8.72. The Kier molecular flexibility index (Phi) is 5.16. The van der Waals surface area contributed by atoms with E-state index in [1.807, 2.05) is 19.1 Å². The molecule has 0 saturated heterocycles. The van der Waals surface area contributed by atoms with Gasteiger partial charge in [0.15, 0.2) is 11.8 Å². The molecule has 3 aromatic rings. The third-order valence-electron chi connectivity index (χ3n) is 4.45. The van der Waals surface area contributed by atoms with Crippen molar-refractivity contribution < 1.29 is 14.3 Å². The number of esters is 1. The van der Waals surface area contributed by atoms with Gasteiger partial charge in [0.05, 0.1) is 5.39 Å². The minimum absolute atomic E-state index is 0.00804. The van der Waals surface area contributed by atoms with Gasteiger partial charge in [0.2, 0.25) is 5.78 Å². The van der Waals surface area contributed by atoms with E-state index >= 15 is 0 Å². The molecular weight excluding hydrogens is 344 g/mol. The molecule has 0 spiro atoms. The first-order valence-corrected chi connectivity index (χ1v) is 8.72. The maximum absolute atomic E-state index is 12.6. The first-order chi connectivity index (χ1) is 12.9. The zero-order valence-electron chi connectivity index (χ0n) is 15.4. The molecule has 0 aliphatic rings. The summed E-state index contributed by atoms with van der Waals surface area (Å²) >= 11 is 0. The standard InChI is InChI=1S/C21H20N2O4/c1-4-14-9-11-15(12-10-14)19(24)13(2)27-21(26)18-16-7-5-6-8-17(16)20(25)23(3)22-18/h5-13H,4H2,1-3H3. The normalized spacial score (nSPS) is 12.0. The monoisotopic (exact) mass is 364 g/mol. The molecule has 0 radical (unpaired) electrons. The Morgan fingerprint density at radius 2 is 1.70 bits per heavy atom. The summed E-state index contributed by atoms with van der Waals surface area (Å²) in [4.78, 5) is 37.3. The Morgan fingerprint density at radius 1 is 1.07 bits per heavy atom. The molecule has 0 N–H and O–H groups in total. The van der Waals surface area contributed by atoms with Gasteiger partial charge in [-0.2, -0.15) is 5.10 Å².